The molecule has 108 valence electrons. The van der Waals surface area contributed by atoms with Crippen LogP contribution in [0.5, 0.6) is 0 Å². The van der Waals surface area contributed by atoms with Crippen molar-refractivity contribution in [1.82, 2.24) is 0 Å². The summed E-state index contributed by atoms with van der Waals surface area (Å²) in [7, 11) is 0. The Morgan fingerprint density at radius 1 is 1.19 bits per heavy atom. The highest BCUT2D eigenvalue weighted by Gasteiger charge is 2.32. The SMILES string of the molecule is CCCc1ccc(NC2C(=O)Nc3cccc(Br)c32)cc1. The summed E-state index contributed by atoms with van der Waals surface area (Å²) in [6, 6.07) is 13.7. The number of aryl methyl sites for hydroxylation is 1. The number of benzene rings is 2. The van der Waals surface area contributed by atoms with Crippen LogP contribution in [0.15, 0.2) is 46.9 Å². The highest BCUT2D eigenvalue weighted by atomic mass is 79.9. The first-order valence-corrected chi connectivity index (χ1v) is 7.93. The molecule has 4 heteroatoms. The number of fused-ring (bicyclic) bond motifs is 1. The summed E-state index contributed by atoms with van der Waals surface area (Å²) >= 11 is 3.53. The van der Waals surface area contributed by atoms with Crippen molar-refractivity contribution in [3.05, 3.63) is 58.1 Å². The molecular formula is C17H17BrN2O. The van der Waals surface area contributed by atoms with E-state index in [1.54, 1.807) is 0 Å². The maximum atomic E-state index is 12.2. The van der Waals surface area contributed by atoms with Crippen LogP contribution in [0.4, 0.5) is 11.4 Å². The highest BCUT2D eigenvalue weighted by molar-refractivity contribution is 9.10. The molecule has 3 rings (SSSR count). The van der Waals surface area contributed by atoms with E-state index in [-0.39, 0.29) is 11.9 Å². The maximum Gasteiger partial charge on any atom is 0.251 e. The molecule has 2 aromatic rings. The van der Waals surface area contributed by atoms with Gasteiger partial charge in [-0.3, -0.25) is 4.79 Å². The molecule has 1 aliphatic heterocycles. The lowest BCUT2D eigenvalue weighted by atomic mass is 10.1. The van der Waals surface area contributed by atoms with Gasteiger partial charge in [0.2, 0.25) is 0 Å². The summed E-state index contributed by atoms with van der Waals surface area (Å²) in [4.78, 5) is 12.2. The van der Waals surface area contributed by atoms with Gasteiger partial charge < -0.3 is 10.6 Å². The van der Waals surface area contributed by atoms with Crippen molar-refractivity contribution >= 4 is 33.2 Å². The third-order valence-corrected chi connectivity index (χ3v) is 4.36. The fraction of sp³-hybridized carbons (Fsp3) is 0.235. The third kappa shape index (κ3) is 2.81. The second-order valence-corrected chi connectivity index (χ2v) is 6.07. The summed E-state index contributed by atoms with van der Waals surface area (Å²) in [5.41, 5.74) is 4.12. The predicted molar refractivity (Wildman–Crippen MR) is 89.6 cm³/mol. The van der Waals surface area contributed by atoms with E-state index in [1.807, 2.05) is 30.3 Å². The molecule has 1 heterocycles. The van der Waals surface area contributed by atoms with Crippen molar-refractivity contribution < 1.29 is 4.79 Å². The van der Waals surface area contributed by atoms with Crippen molar-refractivity contribution in [3.63, 3.8) is 0 Å². The number of carbonyl (C=O) groups is 1. The molecule has 0 fully saturated rings. The first-order chi connectivity index (χ1) is 10.2. The van der Waals surface area contributed by atoms with Crippen LogP contribution < -0.4 is 10.6 Å². The smallest absolute Gasteiger partial charge is 0.251 e. The number of anilines is 2. The maximum absolute atomic E-state index is 12.2. The monoisotopic (exact) mass is 344 g/mol. The van der Waals surface area contributed by atoms with Crippen molar-refractivity contribution in [2.24, 2.45) is 0 Å². The van der Waals surface area contributed by atoms with E-state index < -0.39 is 0 Å². The van der Waals surface area contributed by atoms with Gasteiger partial charge in [-0.15, -0.1) is 0 Å². The molecule has 0 saturated heterocycles. The lowest BCUT2D eigenvalue weighted by molar-refractivity contribution is -0.116. The molecule has 0 saturated carbocycles. The minimum Gasteiger partial charge on any atom is -0.370 e. The van der Waals surface area contributed by atoms with Gasteiger partial charge in [0, 0.05) is 21.4 Å². The van der Waals surface area contributed by atoms with Gasteiger partial charge in [0.1, 0.15) is 6.04 Å². The van der Waals surface area contributed by atoms with Crippen LogP contribution in [0.1, 0.15) is 30.5 Å². The van der Waals surface area contributed by atoms with Gasteiger partial charge in [-0.1, -0.05) is 47.5 Å². The number of carbonyl (C=O) groups excluding carboxylic acids is 1. The van der Waals surface area contributed by atoms with Gasteiger partial charge in [-0.25, -0.2) is 0 Å². The van der Waals surface area contributed by atoms with E-state index in [0.717, 1.165) is 34.3 Å². The first-order valence-electron chi connectivity index (χ1n) is 7.14. The Balaban J connectivity index is 1.84. The molecule has 0 spiro atoms. The Labute approximate surface area is 132 Å². The van der Waals surface area contributed by atoms with Crippen LogP contribution in [-0.2, 0) is 11.2 Å². The van der Waals surface area contributed by atoms with Crippen LogP contribution in [0.25, 0.3) is 0 Å². The molecule has 0 radical (unpaired) electrons. The minimum atomic E-state index is -0.354. The molecular weight excluding hydrogens is 328 g/mol. The lowest BCUT2D eigenvalue weighted by Crippen LogP contribution is -2.19. The molecule has 1 amide bonds. The zero-order valence-corrected chi connectivity index (χ0v) is 13.4. The van der Waals surface area contributed by atoms with E-state index in [1.165, 1.54) is 5.56 Å². The van der Waals surface area contributed by atoms with E-state index in [0.29, 0.717) is 0 Å². The normalized spacial score (nSPS) is 16.5. The summed E-state index contributed by atoms with van der Waals surface area (Å²) in [6.45, 7) is 2.17. The third-order valence-electron chi connectivity index (χ3n) is 3.67. The summed E-state index contributed by atoms with van der Waals surface area (Å²) in [6.07, 6.45) is 2.22. The zero-order valence-electron chi connectivity index (χ0n) is 11.8. The molecule has 0 aromatic heterocycles. The lowest BCUT2D eigenvalue weighted by Gasteiger charge is -2.14. The van der Waals surface area contributed by atoms with E-state index >= 15 is 0 Å². The highest BCUT2D eigenvalue weighted by Crippen LogP contribution is 2.38. The molecule has 0 aliphatic carbocycles. The topological polar surface area (TPSA) is 41.1 Å². The zero-order chi connectivity index (χ0) is 14.8. The predicted octanol–water partition coefficient (Wildman–Crippen LogP) is 4.51. The van der Waals surface area contributed by atoms with Gasteiger partial charge in [0.05, 0.1) is 0 Å². The fourth-order valence-electron chi connectivity index (χ4n) is 2.64. The average molecular weight is 345 g/mol. The van der Waals surface area contributed by atoms with Gasteiger partial charge in [0.25, 0.3) is 5.91 Å². The molecule has 2 aromatic carbocycles. The number of amides is 1. The molecule has 2 N–H and O–H groups in total. The average Bonchev–Trinajstić information content (AvgIpc) is 2.79. The van der Waals surface area contributed by atoms with Crippen LogP contribution in [-0.4, -0.2) is 5.91 Å². The van der Waals surface area contributed by atoms with E-state index in [2.05, 4.69) is 45.6 Å². The van der Waals surface area contributed by atoms with Crippen LogP contribution in [0.2, 0.25) is 0 Å². The summed E-state index contributed by atoms with van der Waals surface area (Å²) in [5.74, 6) is -0.0189. The van der Waals surface area contributed by atoms with Gasteiger partial charge in [-0.05, 0) is 36.2 Å². The number of rotatable bonds is 4. The first kappa shape index (κ1) is 14.1. The summed E-state index contributed by atoms with van der Waals surface area (Å²) in [5, 5.41) is 6.22. The standard InChI is InChI=1S/C17H17BrN2O/c1-2-4-11-7-9-12(10-8-11)19-16-15-13(18)5-3-6-14(15)20-17(16)21/h3,5-10,16,19H,2,4H2,1H3,(H,20,21). The van der Waals surface area contributed by atoms with Gasteiger partial charge in [-0.2, -0.15) is 0 Å². The van der Waals surface area contributed by atoms with Crippen molar-refractivity contribution in [2.75, 3.05) is 10.6 Å². The van der Waals surface area contributed by atoms with Crippen molar-refractivity contribution in [1.29, 1.82) is 0 Å². The second kappa shape index (κ2) is 5.90. The molecule has 1 aliphatic rings. The van der Waals surface area contributed by atoms with E-state index in [9.17, 15) is 4.79 Å². The van der Waals surface area contributed by atoms with Gasteiger partial charge >= 0.3 is 0 Å². The van der Waals surface area contributed by atoms with Crippen LogP contribution >= 0.6 is 15.9 Å². The number of nitrogens with one attached hydrogen (secondary N) is 2. The minimum absolute atomic E-state index is 0.0189. The van der Waals surface area contributed by atoms with Gasteiger partial charge in [0.15, 0.2) is 0 Å². The van der Waals surface area contributed by atoms with Crippen molar-refractivity contribution in [3.8, 4) is 0 Å². The largest absolute Gasteiger partial charge is 0.370 e. The number of hydrogen-bond acceptors (Lipinski definition) is 2. The molecule has 0 bridgehead atoms. The Morgan fingerprint density at radius 3 is 2.67 bits per heavy atom. The molecule has 3 nitrogen and oxygen atoms in total. The Hall–Kier alpha value is -1.81. The molecule has 1 atom stereocenters. The van der Waals surface area contributed by atoms with Crippen LogP contribution in [0.3, 0.4) is 0 Å². The van der Waals surface area contributed by atoms with Crippen LogP contribution in [0, 0.1) is 0 Å². The Bertz CT molecular complexity index is 667. The second-order valence-electron chi connectivity index (χ2n) is 5.21. The number of halogens is 1. The number of hydrogen-bond donors (Lipinski definition) is 2. The molecule has 1 unspecified atom stereocenters. The molecule has 21 heavy (non-hydrogen) atoms. The summed E-state index contributed by atoms with van der Waals surface area (Å²) < 4.78 is 0.943. The Morgan fingerprint density at radius 2 is 1.95 bits per heavy atom. The quantitative estimate of drug-likeness (QED) is 0.856. The Kier molecular flexibility index (Phi) is 3.97. The van der Waals surface area contributed by atoms with Crippen molar-refractivity contribution in [2.45, 2.75) is 25.8 Å². The fourth-order valence-corrected chi connectivity index (χ4v) is 3.23. The van der Waals surface area contributed by atoms with E-state index in [4.69, 9.17) is 0 Å².